The molecule has 0 radical (unpaired) electrons. The molecular weight excluding hydrogens is 379 g/mol. The summed E-state index contributed by atoms with van der Waals surface area (Å²) in [6.45, 7) is 4.47. The van der Waals surface area contributed by atoms with Crippen LogP contribution < -0.4 is 4.90 Å². The van der Waals surface area contributed by atoms with Crippen LogP contribution in [-0.4, -0.2) is 35.8 Å². The first-order valence-corrected chi connectivity index (χ1v) is 9.03. The number of halogens is 1. The highest BCUT2D eigenvalue weighted by atomic mass is 19.1. The van der Waals surface area contributed by atoms with E-state index in [-0.39, 0.29) is 17.1 Å². The first-order valence-electron chi connectivity index (χ1n) is 9.03. The van der Waals surface area contributed by atoms with E-state index in [1.165, 1.54) is 24.5 Å². The zero-order chi connectivity index (χ0) is 21.0. The van der Waals surface area contributed by atoms with Gasteiger partial charge >= 0.3 is 11.9 Å². The third kappa shape index (κ3) is 4.11. The number of hydrogen-bond acceptors (Lipinski definition) is 6. The van der Waals surface area contributed by atoms with Crippen molar-refractivity contribution in [3.05, 3.63) is 71.8 Å². The fraction of sp³-hybridized carbons (Fsp3) is 0.190. The van der Waals surface area contributed by atoms with Gasteiger partial charge in [-0.15, -0.1) is 0 Å². The van der Waals surface area contributed by atoms with Gasteiger partial charge in [0, 0.05) is 19.2 Å². The van der Waals surface area contributed by atoms with Gasteiger partial charge in [-0.3, -0.25) is 9.59 Å². The van der Waals surface area contributed by atoms with Crippen LogP contribution in [0.2, 0.25) is 0 Å². The summed E-state index contributed by atoms with van der Waals surface area (Å²) in [5.41, 5.74) is 0.173. The van der Waals surface area contributed by atoms with Crippen LogP contribution in [0.25, 0.3) is 6.08 Å². The Balaban J connectivity index is 1.92. The van der Waals surface area contributed by atoms with E-state index in [9.17, 15) is 18.8 Å². The van der Waals surface area contributed by atoms with E-state index in [0.717, 1.165) is 23.1 Å². The molecule has 2 aromatic rings. The molecule has 0 saturated carbocycles. The van der Waals surface area contributed by atoms with Gasteiger partial charge in [0.2, 0.25) is 5.76 Å². The molecule has 0 atom stereocenters. The summed E-state index contributed by atoms with van der Waals surface area (Å²) in [5, 5.41) is 0. The van der Waals surface area contributed by atoms with Crippen molar-refractivity contribution < 1.29 is 27.9 Å². The molecule has 150 valence electrons. The third-order valence-electron chi connectivity index (χ3n) is 4.31. The minimum atomic E-state index is -0.830. The summed E-state index contributed by atoms with van der Waals surface area (Å²) in [6.07, 6.45) is 3.94. The average Bonchev–Trinajstić information content (AvgIpc) is 3.31. The molecule has 0 spiro atoms. The summed E-state index contributed by atoms with van der Waals surface area (Å²) in [6, 6.07) is 8.21. The van der Waals surface area contributed by atoms with E-state index in [1.807, 2.05) is 13.8 Å². The van der Waals surface area contributed by atoms with Crippen molar-refractivity contribution in [2.24, 2.45) is 0 Å². The summed E-state index contributed by atoms with van der Waals surface area (Å²) in [5.74, 6) is -2.69. The van der Waals surface area contributed by atoms with E-state index in [0.29, 0.717) is 18.8 Å². The Morgan fingerprint density at radius 1 is 1.14 bits per heavy atom. The molecular formula is C21H19FN2O5. The van der Waals surface area contributed by atoms with E-state index < -0.39 is 23.6 Å². The lowest BCUT2D eigenvalue weighted by Crippen LogP contribution is -2.35. The summed E-state index contributed by atoms with van der Waals surface area (Å²) in [7, 11) is 0. The standard InChI is InChI=1S/C21H19FN2O5/c1-3-23(4-2)18-19(29-17(25)12-11-16-6-5-13-28-16)21(27)24(20(18)26)15-9-7-14(22)8-10-15/h5-13H,3-4H2,1-2H3/b12-11+. The molecule has 1 aliphatic rings. The first-order chi connectivity index (χ1) is 14.0. The molecule has 0 aliphatic carbocycles. The molecule has 7 nitrogen and oxygen atoms in total. The fourth-order valence-electron chi connectivity index (χ4n) is 2.90. The minimum Gasteiger partial charge on any atom is -0.465 e. The SMILES string of the molecule is CCN(CC)C1=C(OC(=O)/C=C/c2ccco2)C(=O)N(c2ccc(F)cc2)C1=O. The molecule has 0 bridgehead atoms. The number of likely N-dealkylation sites (N-methyl/N-ethyl adjacent to an activating group) is 1. The summed E-state index contributed by atoms with van der Waals surface area (Å²) >= 11 is 0. The largest absolute Gasteiger partial charge is 0.465 e. The van der Waals surface area contributed by atoms with Crippen molar-refractivity contribution in [1.29, 1.82) is 0 Å². The van der Waals surface area contributed by atoms with Crippen LogP contribution in [-0.2, 0) is 19.1 Å². The van der Waals surface area contributed by atoms with Gasteiger partial charge in [0.05, 0.1) is 12.0 Å². The quantitative estimate of drug-likeness (QED) is 0.405. The molecule has 0 saturated heterocycles. The molecule has 2 heterocycles. The van der Waals surface area contributed by atoms with Crippen LogP contribution in [0.4, 0.5) is 10.1 Å². The lowest BCUT2D eigenvalue weighted by Gasteiger charge is -2.22. The molecule has 1 aromatic heterocycles. The second-order valence-corrected chi connectivity index (χ2v) is 6.04. The molecule has 1 aromatic carbocycles. The van der Waals surface area contributed by atoms with Crippen molar-refractivity contribution in [2.75, 3.05) is 18.0 Å². The lowest BCUT2D eigenvalue weighted by molar-refractivity contribution is -0.137. The van der Waals surface area contributed by atoms with Gasteiger partial charge < -0.3 is 14.1 Å². The van der Waals surface area contributed by atoms with E-state index in [2.05, 4.69) is 0 Å². The number of anilines is 1. The van der Waals surface area contributed by atoms with Crippen molar-refractivity contribution >= 4 is 29.5 Å². The molecule has 3 rings (SSSR count). The van der Waals surface area contributed by atoms with Crippen molar-refractivity contribution in [1.82, 2.24) is 4.90 Å². The number of carbonyl (C=O) groups excluding carboxylic acids is 3. The van der Waals surface area contributed by atoms with Crippen LogP contribution in [0.15, 0.2) is 64.6 Å². The number of esters is 1. The summed E-state index contributed by atoms with van der Waals surface area (Å²) in [4.78, 5) is 40.6. The Labute approximate surface area is 166 Å². The maximum atomic E-state index is 13.2. The normalized spacial score (nSPS) is 14.2. The number of hydrogen-bond donors (Lipinski definition) is 0. The van der Waals surface area contributed by atoms with Crippen molar-refractivity contribution in [3.8, 4) is 0 Å². The van der Waals surface area contributed by atoms with Gasteiger partial charge in [0.15, 0.2) is 5.70 Å². The number of benzene rings is 1. The van der Waals surface area contributed by atoms with Crippen LogP contribution in [0, 0.1) is 5.82 Å². The van der Waals surface area contributed by atoms with Gasteiger partial charge in [-0.25, -0.2) is 14.1 Å². The third-order valence-corrected chi connectivity index (χ3v) is 4.31. The molecule has 0 unspecified atom stereocenters. The maximum Gasteiger partial charge on any atom is 0.336 e. The minimum absolute atomic E-state index is 0.0101. The van der Waals surface area contributed by atoms with Crippen LogP contribution in [0.5, 0.6) is 0 Å². The topological polar surface area (TPSA) is 80.1 Å². The molecule has 0 N–H and O–H groups in total. The fourth-order valence-corrected chi connectivity index (χ4v) is 2.90. The monoisotopic (exact) mass is 398 g/mol. The number of imide groups is 1. The number of furan rings is 1. The Kier molecular flexibility index (Phi) is 5.92. The van der Waals surface area contributed by atoms with Gasteiger partial charge in [-0.05, 0) is 56.3 Å². The summed E-state index contributed by atoms with van der Waals surface area (Å²) < 4.78 is 23.6. The Morgan fingerprint density at radius 3 is 2.41 bits per heavy atom. The maximum absolute atomic E-state index is 13.2. The van der Waals surface area contributed by atoms with Gasteiger partial charge in [-0.2, -0.15) is 0 Å². The molecule has 0 fully saturated rings. The van der Waals surface area contributed by atoms with E-state index >= 15 is 0 Å². The lowest BCUT2D eigenvalue weighted by atomic mass is 10.3. The Morgan fingerprint density at radius 2 is 1.83 bits per heavy atom. The molecule has 1 aliphatic heterocycles. The zero-order valence-corrected chi connectivity index (χ0v) is 15.9. The second-order valence-electron chi connectivity index (χ2n) is 6.04. The van der Waals surface area contributed by atoms with Crippen LogP contribution in [0.1, 0.15) is 19.6 Å². The van der Waals surface area contributed by atoms with E-state index in [1.54, 1.807) is 17.0 Å². The van der Waals surface area contributed by atoms with Crippen LogP contribution in [0.3, 0.4) is 0 Å². The highest BCUT2D eigenvalue weighted by molar-refractivity contribution is 6.32. The average molecular weight is 398 g/mol. The van der Waals surface area contributed by atoms with E-state index in [4.69, 9.17) is 9.15 Å². The highest BCUT2D eigenvalue weighted by Crippen LogP contribution is 2.30. The Bertz CT molecular complexity index is 973. The van der Waals surface area contributed by atoms with Gasteiger partial charge in [-0.1, -0.05) is 0 Å². The molecule has 2 amide bonds. The molecule has 29 heavy (non-hydrogen) atoms. The number of ether oxygens (including phenoxy) is 1. The number of rotatable bonds is 7. The smallest absolute Gasteiger partial charge is 0.336 e. The predicted octanol–water partition coefficient (Wildman–Crippen LogP) is 3.10. The van der Waals surface area contributed by atoms with Gasteiger partial charge in [0.1, 0.15) is 11.6 Å². The number of amides is 2. The van der Waals surface area contributed by atoms with Crippen molar-refractivity contribution in [2.45, 2.75) is 13.8 Å². The predicted molar refractivity (Wildman–Crippen MR) is 103 cm³/mol. The molecule has 8 heteroatoms. The zero-order valence-electron chi connectivity index (χ0n) is 15.9. The highest BCUT2D eigenvalue weighted by Gasteiger charge is 2.43. The van der Waals surface area contributed by atoms with Gasteiger partial charge in [0.25, 0.3) is 5.91 Å². The Hall–Kier alpha value is -3.68. The first kappa shape index (κ1) is 20.1. The number of nitrogens with zero attached hydrogens (tertiary/aromatic N) is 2. The van der Waals surface area contributed by atoms with Crippen molar-refractivity contribution in [3.63, 3.8) is 0 Å². The second kappa shape index (κ2) is 8.55. The number of carbonyl (C=O) groups is 3. The van der Waals surface area contributed by atoms with Crippen LogP contribution >= 0.6 is 0 Å².